The molecular formula is C15H23BO2S. The molecule has 0 aliphatic carbocycles. The molecule has 0 heterocycles. The number of hydrogen-bond acceptors (Lipinski definition) is 3. The first kappa shape index (κ1) is 18.4. The van der Waals surface area contributed by atoms with Crippen LogP contribution < -0.4 is 0 Å². The average molecular weight is 278 g/mol. The monoisotopic (exact) mass is 278 g/mol. The summed E-state index contributed by atoms with van der Waals surface area (Å²) in [6.07, 6.45) is 10.5. The van der Waals surface area contributed by atoms with Crippen LogP contribution in [-0.4, -0.2) is 30.8 Å². The highest BCUT2D eigenvalue weighted by Crippen LogP contribution is 2.15. The van der Waals surface area contributed by atoms with Gasteiger partial charge in [0.1, 0.15) is 6.10 Å². The summed E-state index contributed by atoms with van der Waals surface area (Å²) in [5.41, 5.74) is 0.378. The molecule has 0 saturated heterocycles. The third-order valence-corrected chi connectivity index (χ3v) is 2.96. The molecule has 2 atom stereocenters. The quantitative estimate of drug-likeness (QED) is 0.219. The van der Waals surface area contributed by atoms with Gasteiger partial charge in [-0.25, -0.2) is 0 Å². The Bertz CT molecular complexity index is 318. The van der Waals surface area contributed by atoms with Crippen LogP contribution in [0.1, 0.15) is 39.5 Å². The van der Waals surface area contributed by atoms with E-state index < -0.39 is 6.10 Å². The van der Waals surface area contributed by atoms with Crippen LogP contribution in [0.15, 0.2) is 24.3 Å². The van der Waals surface area contributed by atoms with Crippen LogP contribution in [0.25, 0.3) is 0 Å². The van der Waals surface area contributed by atoms with Crippen molar-refractivity contribution in [3.63, 3.8) is 0 Å². The lowest BCUT2D eigenvalue weighted by atomic mass is 10.1. The Labute approximate surface area is 123 Å². The van der Waals surface area contributed by atoms with Crippen molar-refractivity contribution in [3.05, 3.63) is 24.3 Å². The molecule has 0 spiro atoms. The molecule has 2 nitrogen and oxygen atoms in total. The smallest absolute Gasteiger partial charge is 0.116 e. The fraction of sp³-hybridized carbons (Fsp3) is 0.600. The zero-order valence-corrected chi connectivity index (χ0v) is 12.7. The van der Waals surface area contributed by atoms with Crippen LogP contribution >= 0.6 is 12.0 Å². The van der Waals surface area contributed by atoms with E-state index in [0.717, 1.165) is 25.7 Å². The SMILES string of the molecule is [B]CSOC(/C=C/C=C/C#CC)C(O)CCCCC. The highest BCUT2D eigenvalue weighted by molar-refractivity contribution is 7.95. The van der Waals surface area contributed by atoms with Gasteiger partial charge in [-0.1, -0.05) is 50.3 Å². The second-order valence-electron chi connectivity index (χ2n) is 4.05. The summed E-state index contributed by atoms with van der Waals surface area (Å²) in [6, 6.07) is 0. The van der Waals surface area contributed by atoms with Crippen molar-refractivity contribution in [3.8, 4) is 11.8 Å². The molecule has 0 aliphatic rings. The number of hydrogen-bond donors (Lipinski definition) is 1. The van der Waals surface area contributed by atoms with E-state index in [1.165, 1.54) is 12.0 Å². The van der Waals surface area contributed by atoms with E-state index >= 15 is 0 Å². The molecule has 2 unspecified atom stereocenters. The fourth-order valence-corrected chi connectivity index (χ4v) is 1.90. The minimum atomic E-state index is -0.493. The maximum absolute atomic E-state index is 10.1. The minimum absolute atomic E-state index is 0.329. The molecule has 0 aromatic rings. The first-order chi connectivity index (χ1) is 9.26. The van der Waals surface area contributed by atoms with Crippen molar-refractivity contribution in [2.45, 2.75) is 51.7 Å². The summed E-state index contributed by atoms with van der Waals surface area (Å²) in [6.45, 7) is 3.93. The van der Waals surface area contributed by atoms with Gasteiger partial charge in [0, 0.05) is 0 Å². The van der Waals surface area contributed by atoms with Crippen molar-refractivity contribution in [2.75, 3.05) is 5.65 Å². The van der Waals surface area contributed by atoms with Gasteiger partial charge < -0.3 is 9.29 Å². The molecule has 0 aliphatic heterocycles. The van der Waals surface area contributed by atoms with Crippen molar-refractivity contribution in [2.24, 2.45) is 0 Å². The average Bonchev–Trinajstić information content (AvgIpc) is 2.42. The van der Waals surface area contributed by atoms with E-state index in [1.807, 2.05) is 18.2 Å². The van der Waals surface area contributed by atoms with Gasteiger partial charge in [-0.05, 0) is 37.1 Å². The van der Waals surface area contributed by atoms with E-state index in [-0.39, 0.29) is 6.10 Å². The number of aliphatic hydroxyl groups is 1. The standard InChI is InChI=1S/C15H23BO2S/c1-3-5-7-8-10-12-15(18-19-13-16)14(17)11-9-6-4-2/h7-8,10,12,14-15,17H,4,6,9,11,13H2,1-2H3/b8-7+,12-10+. The van der Waals surface area contributed by atoms with Gasteiger partial charge in [0.2, 0.25) is 0 Å². The second-order valence-corrected chi connectivity index (χ2v) is 4.81. The molecule has 2 radical (unpaired) electrons. The number of unbranched alkanes of at least 4 members (excludes halogenated alkanes) is 2. The molecule has 19 heavy (non-hydrogen) atoms. The molecule has 0 saturated carbocycles. The Hall–Kier alpha value is -0.625. The first-order valence-electron chi connectivity index (χ1n) is 6.68. The molecule has 0 rings (SSSR count). The zero-order valence-electron chi connectivity index (χ0n) is 11.8. The summed E-state index contributed by atoms with van der Waals surface area (Å²) in [4.78, 5) is 0. The lowest BCUT2D eigenvalue weighted by Gasteiger charge is -2.19. The van der Waals surface area contributed by atoms with E-state index in [0.29, 0.717) is 5.65 Å². The van der Waals surface area contributed by atoms with Crippen LogP contribution in [0.3, 0.4) is 0 Å². The topological polar surface area (TPSA) is 29.5 Å². The zero-order chi connectivity index (χ0) is 14.3. The Balaban J connectivity index is 4.28. The van der Waals surface area contributed by atoms with E-state index in [9.17, 15) is 5.11 Å². The summed E-state index contributed by atoms with van der Waals surface area (Å²) >= 11 is 1.17. The number of rotatable bonds is 10. The van der Waals surface area contributed by atoms with Crippen LogP contribution in [-0.2, 0) is 4.18 Å². The van der Waals surface area contributed by atoms with Crippen molar-refractivity contribution < 1.29 is 9.29 Å². The number of aliphatic hydroxyl groups excluding tert-OH is 1. The predicted molar refractivity (Wildman–Crippen MR) is 85.0 cm³/mol. The highest BCUT2D eigenvalue weighted by atomic mass is 32.2. The van der Waals surface area contributed by atoms with Crippen LogP contribution in [0, 0.1) is 11.8 Å². The first-order valence-corrected chi connectivity index (χ1v) is 7.59. The third kappa shape index (κ3) is 10.9. The van der Waals surface area contributed by atoms with Gasteiger partial charge in [-0.3, -0.25) is 0 Å². The molecule has 0 amide bonds. The van der Waals surface area contributed by atoms with Gasteiger partial charge in [0.25, 0.3) is 0 Å². The van der Waals surface area contributed by atoms with Gasteiger partial charge in [-0.15, -0.1) is 5.92 Å². The van der Waals surface area contributed by atoms with Crippen LogP contribution in [0.2, 0.25) is 0 Å². The molecule has 0 fully saturated rings. The van der Waals surface area contributed by atoms with Gasteiger partial charge in [0.15, 0.2) is 0 Å². The Morgan fingerprint density at radius 3 is 2.79 bits per heavy atom. The summed E-state index contributed by atoms with van der Waals surface area (Å²) in [5, 5.41) is 10.1. The molecule has 0 bridgehead atoms. The Morgan fingerprint density at radius 1 is 1.37 bits per heavy atom. The Kier molecular flexibility index (Phi) is 13.3. The van der Waals surface area contributed by atoms with Gasteiger partial charge in [-0.2, -0.15) is 0 Å². The maximum atomic E-state index is 10.1. The fourth-order valence-electron chi connectivity index (χ4n) is 1.47. The summed E-state index contributed by atoms with van der Waals surface area (Å²) in [7, 11) is 5.39. The van der Waals surface area contributed by atoms with Crippen molar-refractivity contribution in [1.29, 1.82) is 0 Å². The predicted octanol–water partition coefficient (Wildman–Crippen LogP) is 3.22. The van der Waals surface area contributed by atoms with Gasteiger partial charge >= 0.3 is 0 Å². The largest absolute Gasteiger partial charge is 0.390 e. The Morgan fingerprint density at radius 2 is 2.16 bits per heavy atom. The highest BCUT2D eigenvalue weighted by Gasteiger charge is 2.16. The lowest BCUT2D eigenvalue weighted by molar-refractivity contribution is 0.0680. The van der Waals surface area contributed by atoms with E-state index in [1.54, 1.807) is 13.0 Å². The molecule has 1 N–H and O–H groups in total. The van der Waals surface area contributed by atoms with Crippen LogP contribution in [0.4, 0.5) is 0 Å². The third-order valence-electron chi connectivity index (χ3n) is 2.47. The molecule has 0 aromatic carbocycles. The molecular weight excluding hydrogens is 255 g/mol. The summed E-state index contributed by atoms with van der Waals surface area (Å²) < 4.78 is 5.48. The van der Waals surface area contributed by atoms with Gasteiger partial charge in [0.05, 0.1) is 14.0 Å². The second kappa shape index (κ2) is 13.8. The maximum Gasteiger partial charge on any atom is 0.116 e. The van der Waals surface area contributed by atoms with Crippen molar-refractivity contribution >= 4 is 19.9 Å². The molecule has 0 aromatic heterocycles. The van der Waals surface area contributed by atoms with E-state index in [4.69, 9.17) is 12.0 Å². The van der Waals surface area contributed by atoms with Crippen molar-refractivity contribution in [1.82, 2.24) is 0 Å². The number of allylic oxidation sites excluding steroid dienone is 3. The van der Waals surface area contributed by atoms with Crippen LogP contribution in [0.5, 0.6) is 0 Å². The molecule has 104 valence electrons. The minimum Gasteiger partial charge on any atom is -0.390 e. The molecule has 4 heteroatoms. The summed E-state index contributed by atoms with van der Waals surface area (Å²) in [5.74, 6) is 5.60. The van der Waals surface area contributed by atoms with E-state index in [2.05, 4.69) is 18.8 Å². The lowest BCUT2D eigenvalue weighted by Crippen LogP contribution is -2.25. The normalized spacial score (nSPS) is 14.5.